The molecule has 0 bridgehead atoms. The number of hydrogen-bond donors (Lipinski definition) is 1. The van der Waals surface area contributed by atoms with Crippen molar-refractivity contribution < 1.29 is 4.79 Å². The van der Waals surface area contributed by atoms with Crippen LogP contribution >= 0.6 is 0 Å². The van der Waals surface area contributed by atoms with E-state index >= 15 is 0 Å². The van der Waals surface area contributed by atoms with Gasteiger partial charge in [0.2, 0.25) is 5.91 Å². The van der Waals surface area contributed by atoms with Gasteiger partial charge in [0.05, 0.1) is 0 Å². The summed E-state index contributed by atoms with van der Waals surface area (Å²) in [5.41, 5.74) is 7.25. The number of piperazine rings is 1. The molecule has 110 valence electrons. The molecule has 0 spiro atoms. The van der Waals surface area contributed by atoms with Crippen LogP contribution in [0.2, 0.25) is 0 Å². The summed E-state index contributed by atoms with van der Waals surface area (Å²) in [6.07, 6.45) is 1.25. The number of nitrogens with two attached hydrogens (primary N) is 1. The quantitative estimate of drug-likeness (QED) is 0.908. The molecule has 1 heterocycles. The lowest BCUT2D eigenvalue weighted by molar-refractivity contribution is -0.134. The first-order valence-electron chi connectivity index (χ1n) is 7.36. The van der Waals surface area contributed by atoms with Crippen LogP contribution < -0.4 is 5.73 Å². The Morgan fingerprint density at radius 2 is 2.05 bits per heavy atom. The molecule has 0 aromatic heterocycles. The summed E-state index contributed by atoms with van der Waals surface area (Å²) in [6.45, 7) is 4.78. The van der Waals surface area contributed by atoms with Gasteiger partial charge in [0.15, 0.2) is 0 Å². The highest BCUT2D eigenvalue weighted by atomic mass is 16.2. The molecule has 1 aliphatic heterocycles. The minimum atomic E-state index is -0.0509. The first-order chi connectivity index (χ1) is 9.58. The molecule has 1 saturated heterocycles. The van der Waals surface area contributed by atoms with Gasteiger partial charge in [-0.1, -0.05) is 30.3 Å². The van der Waals surface area contributed by atoms with E-state index in [4.69, 9.17) is 5.73 Å². The lowest BCUT2D eigenvalue weighted by Crippen LogP contribution is -2.52. The number of carbonyl (C=O) groups excluding carboxylic acids is 1. The van der Waals surface area contributed by atoms with Crippen molar-refractivity contribution in [2.75, 3.05) is 26.7 Å². The predicted molar refractivity (Wildman–Crippen MR) is 81.3 cm³/mol. The Morgan fingerprint density at radius 3 is 2.70 bits per heavy atom. The highest BCUT2D eigenvalue weighted by Crippen LogP contribution is 2.17. The Labute approximate surface area is 121 Å². The Bertz CT molecular complexity index is 435. The zero-order chi connectivity index (χ0) is 14.5. The largest absolute Gasteiger partial charge is 0.340 e. The molecule has 0 radical (unpaired) electrons. The van der Waals surface area contributed by atoms with Crippen LogP contribution in [0.4, 0.5) is 0 Å². The normalized spacial score (nSPS) is 21.8. The summed E-state index contributed by atoms with van der Waals surface area (Å²) in [7, 11) is 2.11. The number of benzene rings is 1. The molecule has 0 aliphatic carbocycles. The van der Waals surface area contributed by atoms with Crippen molar-refractivity contribution in [1.82, 2.24) is 9.80 Å². The van der Waals surface area contributed by atoms with E-state index in [9.17, 15) is 4.79 Å². The Morgan fingerprint density at radius 1 is 1.35 bits per heavy atom. The lowest BCUT2D eigenvalue weighted by Gasteiger charge is -2.37. The van der Waals surface area contributed by atoms with Gasteiger partial charge < -0.3 is 15.5 Å². The van der Waals surface area contributed by atoms with Crippen LogP contribution in [0.3, 0.4) is 0 Å². The molecular formula is C16H25N3O. The fourth-order valence-corrected chi connectivity index (χ4v) is 2.58. The first-order valence-corrected chi connectivity index (χ1v) is 7.36. The predicted octanol–water partition coefficient (Wildman–Crippen LogP) is 1.63. The van der Waals surface area contributed by atoms with Gasteiger partial charge in [-0.2, -0.15) is 0 Å². The molecule has 1 aromatic rings. The number of carbonyl (C=O) groups is 1. The Kier molecular flexibility index (Phi) is 5.15. The van der Waals surface area contributed by atoms with Gasteiger partial charge in [0.1, 0.15) is 0 Å². The van der Waals surface area contributed by atoms with Crippen LogP contribution in [-0.2, 0) is 4.79 Å². The summed E-state index contributed by atoms with van der Waals surface area (Å²) < 4.78 is 0. The maximum absolute atomic E-state index is 12.2. The maximum atomic E-state index is 12.2. The first kappa shape index (κ1) is 15.0. The summed E-state index contributed by atoms with van der Waals surface area (Å²) in [5, 5.41) is 0. The summed E-state index contributed by atoms with van der Waals surface area (Å²) in [6, 6.07) is 10.4. The van der Waals surface area contributed by atoms with E-state index in [1.165, 1.54) is 0 Å². The number of rotatable bonds is 4. The molecule has 4 nitrogen and oxygen atoms in total. The van der Waals surface area contributed by atoms with E-state index in [0.717, 1.165) is 25.2 Å². The highest BCUT2D eigenvalue weighted by molar-refractivity contribution is 5.76. The molecule has 2 N–H and O–H groups in total. The van der Waals surface area contributed by atoms with Crippen molar-refractivity contribution in [1.29, 1.82) is 0 Å². The van der Waals surface area contributed by atoms with Crippen LogP contribution in [0.15, 0.2) is 30.3 Å². The monoisotopic (exact) mass is 275 g/mol. The molecule has 1 amide bonds. The third kappa shape index (κ3) is 3.81. The molecule has 4 heteroatoms. The number of likely N-dealkylation sites (N-methyl/N-ethyl adjacent to an activating group) is 1. The van der Waals surface area contributed by atoms with Crippen LogP contribution in [-0.4, -0.2) is 48.4 Å². The second-order valence-electron chi connectivity index (χ2n) is 5.73. The molecule has 1 fully saturated rings. The van der Waals surface area contributed by atoms with E-state index in [1.54, 1.807) is 0 Å². The average Bonchev–Trinajstić information content (AvgIpc) is 2.48. The summed E-state index contributed by atoms with van der Waals surface area (Å²) in [5.74, 6) is 0.233. The van der Waals surface area contributed by atoms with Crippen molar-refractivity contribution in [3.63, 3.8) is 0 Å². The smallest absolute Gasteiger partial charge is 0.222 e. The molecule has 2 unspecified atom stereocenters. The number of amides is 1. The standard InChI is InChI=1S/C16H25N3O/c1-13-12-19(11-10-18(13)2)16(20)9-8-15(17)14-6-4-3-5-7-14/h3-7,13,15H,8-12,17H2,1-2H3. The second-order valence-corrected chi connectivity index (χ2v) is 5.73. The van der Waals surface area contributed by atoms with Gasteiger partial charge >= 0.3 is 0 Å². The van der Waals surface area contributed by atoms with Crippen molar-refractivity contribution in [2.24, 2.45) is 5.73 Å². The Hall–Kier alpha value is -1.39. The molecule has 20 heavy (non-hydrogen) atoms. The summed E-state index contributed by atoms with van der Waals surface area (Å²) >= 11 is 0. The van der Waals surface area contributed by atoms with Gasteiger partial charge in [-0.15, -0.1) is 0 Å². The zero-order valence-corrected chi connectivity index (χ0v) is 12.5. The molecular weight excluding hydrogens is 250 g/mol. The Balaban J connectivity index is 1.80. The minimum absolute atomic E-state index is 0.0509. The van der Waals surface area contributed by atoms with Crippen molar-refractivity contribution >= 4 is 5.91 Å². The van der Waals surface area contributed by atoms with Crippen molar-refractivity contribution in [3.05, 3.63) is 35.9 Å². The fraction of sp³-hybridized carbons (Fsp3) is 0.562. The zero-order valence-electron chi connectivity index (χ0n) is 12.5. The van der Waals surface area contributed by atoms with Crippen molar-refractivity contribution in [3.8, 4) is 0 Å². The van der Waals surface area contributed by atoms with Gasteiger partial charge in [-0.3, -0.25) is 4.79 Å². The SMILES string of the molecule is CC1CN(C(=O)CCC(N)c2ccccc2)CCN1C. The highest BCUT2D eigenvalue weighted by Gasteiger charge is 2.24. The second kappa shape index (κ2) is 6.86. The minimum Gasteiger partial charge on any atom is -0.340 e. The van der Waals surface area contributed by atoms with Crippen LogP contribution in [0.25, 0.3) is 0 Å². The van der Waals surface area contributed by atoms with Crippen LogP contribution in [0, 0.1) is 0 Å². The molecule has 2 rings (SSSR count). The third-order valence-electron chi connectivity index (χ3n) is 4.21. The average molecular weight is 275 g/mol. The van der Waals surface area contributed by atoms with Gasteiger partial charge in [0, 0.05) is 38.1 Å². The van der Waals surface area contributed by atoms with Crippen LogP contribution in [0.1, 0.15) is 31.4 Å². The van der Waals surface area contributed by atoms with Crippen LogP contribution in [0.5, 0.6) is 0 Å². The van der Waals surface area contributed by atoms with E-state index in [0.29, 0.717) is 18.9 Å². The fourth-order valence-electron chi connectivity index (χ4n) is 2.58. The lowest BCUT2D eigenvalue weighted by atomic mass is 10.0. The van der Waals surface area contributed by atoms with E-state index in [2.05, 4.69) is 18.9 Å². The van der Waals surface area contributed by atoms with E-state index in [-0.39, 0.29) is 11.9 Å². The van der Waals surface area contributed by atoms with E-state index < -0.39 is 0 Å². The summed E-state index contributed by atoms with van der Waals surface area (Å²) in [4.78, 5) is 16.5. The third-order valence-corrected chi connectivity index (χ3v) is 4.21. The van der Waals surface area contributed by atoms with Gasteiger partial charge in [-0.25, -0.2) is 0 Å². The van der Waals surface area contributed by atoms with Gasteiger partial charge in [-0.05, 0) is 26.0 Å². The molecule has 1 aromatic carbocycles. The van der Waals surface area contributed by atoms with Crippen molar-refractivity contribution in [2.45, 2.75) is 31.8 Å². The number of hydrogen-bond acceptors (Lipinski definition) is 3. The van der Waals surface area contributed by atoms with E-state index in [1.807, 2.05) is 35.2 Å². The van der Waals surface area contributed by atoms with Gasteiger partial charge in [0.25, 0.3) is 0 Å². The molecule has 0 saturated carbocycles. The topological polar surface area (TPSA) is 49.6 Å². The number of nitrogens with zero attached hydrogens (tertiary/aromatic N) is 2. The molecule has 2 atom stereocenters. The molecule has 1 aliphatic rings. The maximum Gasteiger partial charge on any atom is 0.222 e.